The van der Waals surface area contributed by atoms with E-state index in [0.717, 1.165) is 19.3 Å². The molecular formula is C16H25NO2. The molecule has 0 fully saturated rings. The minimum absolute atomic E-state index is 0.141. The van der Waals surface area contributed by atoms with Crippen LogP contribution in [0.3, 0.4) is 0 Å². The van der Waals surface area contributed by atoms with Gasteiger partial charge in [-0.25, -0.2) is 0 Å². The van der Waals surface area contributed by atoms with E-state index in [4.69, 9.17) is 4.74 Å². The molecule has 1 aromatic carbocycles. The molecule has 106 valence electrons. The first-order valence-corrected chi connectivity index (χ1v) is 6.99. The van der Waals surface area contributed by atoms with Crippen molar-refractivity contribution in [1.82, 2.24) is 5.32 Å². The summed E-state index contributed by atoms with van der Waals surface area (Å²) in [5.41, 5.74) is 2.47. The van der Waals surface area contributed by atoms with Crippen molar-refractivity contribution in [3.05, 3.63) is 35.4 Å². The zero-order chi connectivity index (χ0) is 14.3. The van der Waals surface area contributed by atoms with Gasteiger partial charge in [-0.15, -0.1) is 0 Å². The quantitative estimate of drug-likeness (QED) is 0.766. The third-order valence-electron chi connectivity index (χ3n) is 3.44. The molecule has 1 aromatic rings. The number of esters is 1. The SMILES string of the molecule is CCCCC(NC(C)c1ccccc1C)C(=O)OC. The topological polar surface area (TPSA) is 38.3 Å². The van der Waals surface area contributed by atoms with Crippen molar-refractivity contribution < 1.29 is 9.53 Å². The standard InChI is InChI=1S/C16H25NO2/c1-5-6-11-15(16(18)19-4)17-13(3)14-10-8-7-9-12(14)2/h7-10,13,15,17H,5-6,11H2,1-4H3. The monoisotopic (exact) mass is 263 g/mol. The van der Waals surface area contributed by atoms with Crippen LogP contribution >= 0.6 is 0 Å². The maximum Gasteiger partial charge on any atom is 0.322 e. The molecule has 0 aliphatic carbocycles. The van der Waals surface area contributed by atoms with E-state index in [0.29, 0.717) is 0 Å². The molecule has 3 heteroatoms. The fourth-order valence-electron chi connectivity index (χ4n) is 2.28. The Bertz CT molecular complexity index is 403. The Morgan fingerprint density at radius 1 is 1.37 bits per heavy atom. The Kier molecular flexibility index (Phi) is 6.57. The van der Waals surface area contributed by atoms with Gasteiger partial charge in [0.25, 0.3) is 0 Å². The number of methoxy groups -OCH3 is 1. The average Bonchev–Trinajstić information content (AvgIpc) is 2.42. The van der Waals surface area contributed by atoms with Gasteiger partial charge < -0.3 is 4.74 Å². The number of benzene rings is 1. The largest absolute Gasteiger partial charge is 0.468 e. The van der Waals surface area contributed by atoms with Crippen molar-refractivity contribution in [3.8, 4) is 0 Å². The lowest BCUT2D eigenvalue weighted by molar-refractivity contribution is -0.143. The van der Waals surface area contributed by atoms with Gasteiger partial charge in [-0.1, -0.05) is 44.0 Å². The number of aryl methyl sites for hydroxylation is 1. The van der Waals surface area contributed by atoms with Crippen LogP contribution in [0, 0.1) is 6.92 Å². The van der Waals surface area contributed by atoms with Crippen LogP contribution in [-0.4, -0.2) is 19.1 Å². The van der Waals surface area contributed by atoms with Crippen LogP contribution in [0.15, 0.2) is 24.3 Å². The molecule has 3 nitrogen and oxygen atoms in total. The van der Waals surface area contributed by atoms with Gasteiger partial charge in [0.15, 0.2) is 0 Å². The fourth-order valence-corrected chi connectivity index (χ4v) is 2.28. The van der Waals surface area contributed by atoms with E-state index in [1.807, 2.05) is 12.1 Å². The fraction of sp³-hybridized carbons (Fsp3) is 0.562. The lowest BCUT2D eigenvalue weighted by Gasteiger charge is -2.22. The van der Waals surface area contributed by atoms with Gasteiger partial charge in [0.2, 0.25) is 0 Å². The predicted octanol–water partition coefficient (Wildman–Crippen LogP) is 3.38. The molecule has 1 rings (SSSR count). The zero-order valence-corrected chi connectivity index (χ0v) is 12.4. The van der Waals surface area contributed by atoms with E-state index in [-0.39, 0.29) is 18.1 Å². The molecule has 0 spiro atoms. The first-order valence-electron chi connectivity index (χ1n) is 6.99. The highest BCUT2D eigenvalue weighted by Gasteiger charge is 2.21. The molecular weight excluding hydrogens is 238 g/mol. The summed E-state index contributed by atoms with van der Waals surface area (Å²) in [6.07, 6.45) is 2.92. The van der Waals surface area contributed by atoms with Gasteiger partial charge >= 0.3 is 5.97 Å². The van der Waals surface area contributed by atoms with Gasteiger partial charge in [-0.2, -0.15) is 0 Å². The van der Waals surface area contributed by atoms with E-state index in [1.165, 1.54) is 18.2 Å². The van der Waals surface area contributed by atoms with Crippen LogP contribution in [0.1, 0.15) is 50.3 Å². The second-order valence-electron chi connectivity index (χ2n) is 4.96. The average molecular weight is 263 g/mol. The van der Waals surface area contributed by atoms with E-state index in [1.54, 1.807) is 0 Å². The molecule has 0 saturated heterocycles. The van der Waals surface area contributed by atoms with Crippen molar-refractivity contribution in [2.75, 3.05) is 7.11 Å². The molecule has 1 N–H and O–H groups in total. The number of carbonyl (C=O) groups is 1. The molecule has 19 heavy (non-hydrogen) atoms. The summed E-state index contributed by atoms with van der Waals surface area (Å²) in [6, 6.07) is 8.16. The Balaban J connectivity index is 2.72. The predicted molar refractivity (Wildman–Crippen MR) is 78.1 cm³/mol. The van der Waals surface area contributed by atoms with Crippen molar-refractivity contribution in [2.45, 2.75) is 52.1 Å². The number of hydrogen-bond acceptors (Lipinski definition) is 3. The first kappa shape index (κ1) is 15.7. The summed E-state index contributed by atoms with van der Waals surface area (Å²) in [7, 11) is 1.45. The lowest BCUT2D eigenvalue weighted by Crippen LogP contribution is -2.39. The van der Waals surface area contributed by atoms with Crippen LogP contribution < -0.4 is 5.32 Å². The summed E-state index contributed by atoms with van der Waals surface area (Å²) >= 11 is 0. The number of nitrogens with one attached hydrogen (secondary N) is 1. The maximum absolute atomic E-state index is 11.8. The van der Waals surface area contributed by atoms with Gasteiger partial charge in [0.1, 0.15) is 6.04 Å². The summed E-state index contributed by atoms with van der Waals surface area (Å²) < 4.78 is 4.87. The van der Waals surface area contributed by atoms with Crippen LogP contribution in [-0.2, 0) is 9.53 Å². The van der Waals surface area contributed by atoms with Gasteiger partial charge in [0.05, 0.1) is 7.11 Å². The van der Waals surface area contributed by atoms with Crippen molar-refractivity contribution in [1.29, 1.82) is 0 Å². The summed E-state index contributed by atoms with van der Waals surface area (Å²) in [5, 5.41) is 3.39. The Morgan fingerprint density at radius 3 is 2.63 bits per heavy atom. The second-order valence-corrected chi connectivity index (χ2v) is 4.96. The molecule has 0 aliphatic heterocycles. The number of rotatable bonds is 7. The Morgan fingerprint density at radius 2 is 2.05 bits per heavy atom. The Labute approximate surface area is 116 Å². The number of ether oxygens (including phenoxy) is 1. The van der Waals surface area contributed by atoms with E-state index < -0.39 is 0 Å². The van der Waals surface area contributed by atoms with Gasteiger partial charge in [-0.05, 0) is 31.4 Å². The van der Waals surface area contributed by atoms with Crippen molar-refractivity contribution in [3.63, 3.8) is 0 Å². The highest BCUT2D eigenvalue weighted by Crippen LogP contribution is 2.18. The molecule has 0 saturated carbocycles. The molecule has 2 atom stereocenters. The van der Waals surface area contributed by atoms with Crippen LogP contribution in [0.25, 0.3) is 0 Å². The molecule has 2 unspecified atom stereocenters. The smallest absolute Gasteiger partial charge is 0.322 e. The Hall–Kier alpha value is -1.35. The van der Waals surface area contributed by atoms with Crippen LogP contribution in [0.5, 0.6) is 0 Å². The minimum Gasteiger partial charge on any atom is -0.468 e. The molecule has 0 bridgehead atoms. The summed E-state index contributed by atoms with van der Waals surface area (Å²) in [5.74, 6) is -0.172. The second kappa shape index (κ2) is 7.95. The highest BCUT2D eigenvalue weighted by atomic mass is 16.5. The van der Waals surface area contributed by atoms with Crippen LogP contribution in [0.2, 0.25) is 0 Å². The van der Waals surface area contributed by atoms with Gasteiger partial charge in [0, 0.05) is 6.04 Å². The minimum atomic E-state index is -0.223. The van der Waals surface area contributed by atoms with Crippen molar-refractivity contribution >= 4 is 5.97 Å². The number of hydrogen-bond donors (Lipinski definition) is 1. The summed E-state index contributed by atoms with van der Waals surface area (Å²) in [6.45, 7) is 6.30. The third kappa shape index (κ3) is 4.67. The normalized spacial score (nSPS) is 13.9. The van der Waals surface area contributed by atoms with Crippen molar-refractivity contribution in [2.24, 2.45) is 0 Å². The molecule has 0 aliphatic rings. The summed E-state index contributed by atoms with van der Waals surface area (Å²) in [4.78, 5) is 11.8. The van der Waals surface area contributed by atoms with E-state index >= 15 is 0 Å². The lowest BCUT2D eigenvalue weighted by atomic mass is 10.0. The zero-order valence-electron chi connectivity index (χ0n) is 12.4. The molecule has 0 aromatic heterocycles. The van der Waals surface area contributed by atoms with E-state index in [9.17, 15) is 4.79 Å². The van der Waals surface area contributed by atoms with Gasteiger partial charge in [-0.3, -0.25) is 10.1 Å². The third-order valence-corrected chi connectivity index (χ3v) is 3.44. The maximum atomic E-state index is 11.8. The molecule has 0 amide bonds. The number of unbranched alkanes of at least 4 members (excludes halogenated alkanes) is 1. The van der Waals surface area contributed by atoms with E-state index in [2.05, 4.69) is 38.2 Å². The number of carbonyl (C=O) groups excluding carboxylic acids is 1. The first-order chi connectivity index (χ1) is 9.10. The highest BCUT2D eigenvalue weighted by molar-refractivity contribution is 5.75. The molecule has 0 radical (unpaired) electrons. The van der Waals surface area contributed by atoms with Crippen LogP contribution in [0.4, 0.5) is 0 Å². The molecule has 0 heterocycles.